The number of thiophene rings is 1. The van der Waals surface area contributed by atoms with E-state index in [0.717, 1.165) is 10.2 Å². The fourth-order valence-electron chi connectivity index (χ4n) is 2.50. The maximum atomic E-state index is 12.5. The van der Waals surface area contributed by atoms with Gasteiger partial charge in [-0.25, -0.2) is 4.98 Å². The predicted molar refractivity (Wildman–Crippen MR) is 118 cm³/mol. The van der Waals surface area contributed by atoms with E-state index in [1.165, 1.54) is 23.1 Å². The van der Waals surface area contributed by atoms with E-state index in [-0.39, 0.29) is 17.2 Å². The summed E-state index contributed by atoms with van der Waals surface area (Å²) in [4.78, 5) is 31.1. The predicted octanol–water partition coefficient (Wildman–Crippen LogP) is 3.87. The molecule has 0 fully saturated rings. The first kappa shape index (κ1) is 20.9. The van der Waals surface area contributed by atoms with E-state index in [0.29, 0.717) is 35.1 Å². The van der Waals surface area contributed by atoms with Crippen LogP contribution in [-0.2, 0) is 11.3 Å². The van der Waals surface area contributed by atoms with Crippen molar-refractivity contribution in [1.82, 2.24) is 14.5 Å². The molecule has 2 heterocycles. The molecule has 3 rings (SSSR count). The van der Waals surface area contributed by atoms with Crippen LogP contribution in [0.1, 0.15) is 6.92 Å². The number of halogens is 1. The number of likely N-dealkylation sites (N-methyl/N-ethyl adjacent to an activating group) is 1. The van der Waals surface area contributed by atoms with E-state index in [1.54, 1.807) is 16.5 Å². The Kier molecular flexibility index (Phi) is 7.14. The Balaban J connectivity index is 1.55. The summed E-state index contributed by atoms with van der Waals surface area (Å²) in [6.45, 7) is 3.31. The van der Waals surface area contributed by atoms with Crippen LogP contribution in [0.3, 0.4) is 0 Å². The Bertz CT molecular complexity index is 1020. The van der Waals surface area contributed by atoms with Crippen LogP contribution in [0.2, 0.25) is 0 Å². The Morgan fingerprint density at radius 3 is 2.79 bits per heavy atom. The smallest absolute Gasteiger partial charge is 0.272 e. The molecule has 148 valence electrons. The van der Waals surface area contributed by atoms with Crippen LogP contribution in [0.15, 0.2) is 50.1 Å². The Hall–Kier alpha value is -1.84. The minimum absolute atomic E-state index is 0.0354. The molecule has 0 saturated carbocycles. The largest absolute Gasteiger partial charge is 0.492 e. The van der Waals surface area contributed by atoms with Crippen LogP contribution in [0.5, 0.6) is 5.75 Å². The second-order valence-corrected chi connectivity index (χ2v) is 8.76. The maximum Gasteiger partial charge on any atom is 0.272 e. The Morgan fingerprint density at radius 2 is 2.07 bits per heavy atom. The second-order valence-electron chi connectivity index (χ2n) is 5.99. The summed E-state index contributed by atoms with van der Waals surface area (Å²) in [5.41, 5.74) is 0.639. The molecule has 0 spiro atoms. The summed E-state index contributed by atoms with van der Waals surface area (Å²) in [6, 6.07) is 9.39. The summed E-state index contributed by atoms with van der Waals surface area (Å²) in [7, 11) is 1.75. The zero-order chi connectivity index (χ0) is 20.1. The van der Waals surface area contributed by atoms with Crippen LogP contribution >= 0.6 is 39.0 Å². The standard InChI is InChI=1S/C19H20BrN3O3S2/c1-3-23-18(25)17-15(8-11-27-17)21-19(23)28-12-16(24)22(2)9-10-26-14-6-4-13(20)5-7-14/h4-8,11H,3,9-10,12H2,1-2H3. The molecule has 3 aromatic rings. The van der Waals surface area contributed by atoms with Crippen molar-refractivity contribution < 1.29 is 9.53 Å². The van der Waals surface area contributed by atoms with E-state index in [2.05, 4.69) is 20.9 Å². The van der Waals surface area contributed by atoms with Crippen molar-refractivity contribution in [1.29, 1.82) is 0 Å². The van der Waals surface area contributed by atoms with Crippen molar-refractivity contribution in [3.63, 3.8) is 0 Å². The molecule has 6 nitrogen and oxygen atoms in total. The number of amides is 1. The van der Waals surface area contributed by atoms with Gasteiger partial charge in [-0.2, -0.15) is 0 Å². The Morgan fingerprint density at radius 1 is 1.32 bits per heavy atom. The second kappa shape index (κ2) is 9.58. The number of benzene rings is 1. The molecule has 0 unspecified atom stereocenters. The van der Waals surface area contributed by atoms with Crippen LogP contribution in [0.4, 0.5) is 0 Å². The molecule has 0 aliphatic carbocycles. The lowest BCUT2D eigenvalue weighted by molar-refractivity contribution is -0.127. The van der Waals surface area contributed by atoms with Crippen LogP contribution in [-0.4, -0.2) is 46.3 Å². The molecular weight excluding hydrogens is 462 g/mol. The molecule has 0 aliphatic heterocycles. The van der Waals surface area contributed by atoms with E-state index in [1.807, 2.05) is 42.6 Å². The van der Waals surface area contributed by atoms with Gasteiger partial charge < -0.3 is 9.64 Å². The molecule has 1 amide bonds. The van der Waals surface area contributed by atoms with Crippen LogP contribution in [0, 0.1) is 0 Å². The number of hydrogen-bond acceptors (Lipinski definition) is 6. The third-order valence-electron chi connectivity index (χ3n) is 4.11. The number of fused-ring (bicyclic) bond motifs is 1. The molecule has 2 aromatic heterocycles. The van der Waals surface area contributed by atoms with Gasteiger partial charge in [-0.3, -0.25) is 14.2 Å². The normalized spacial score (nSPS) is 11.0. The van der Waals surface area contributed by atoms with Crippen molar-refractivity contribution >= 4 is 55.2 Å². The van der Waals surface area contributed by atoms with Gasteiger partial charge in [0, 0.05) is 18.1 Å². The van der Waals surface area contributed by atoms with E-state index < -0.39 is 0 Å². The van der Waals surface area contributed by atoms with Crippen molar-refractivity contribution in [2.24, 2.45) is 0 Å². The van der Waals surface area contributed by atoms with Crippen LogP contribution < -0.4 is 10.3 Å². The molecule has 0 radical (unpaired) electrons. The molecule has 0 N–H and O–H groups in total. The minimum Gasteiger partial charge on any atom is -0.492 e. The van der Waals surface area contributed by atoms with E-state index in [9.17, 15) is 9.59 Å². The monoisotopic (exact) mass is 481 g/mol. The number of carbonyl (C=O) groups is 1. The quantitative estimate of drug-likeness (QED) is 0.360. The van der Waals surface area contributed by atoms with Gasteiger partial charge >= 0.3 is 0 Å². The van der Waals surface area contributed by atoms with Gasteiger partial charge in [0.2, 0.25) is 5.91 Å². The highest BCUT2D eigenvalue weighted by Crippen LogP contribution is 2.21. The molecular formula is C19H20BrN3O3S2. The lowest BCUT2D eigenvalue weighted by Gasteiger charge is -2.18. The zero-order valence-electron chi connectivity index (χ0n) is 15.6. The number of carbonyl (C=O) groups excluding carboxylic acids is 1. The average Bonchev–Trinajstić information content (AvgIpc) is 3.16. The highest BCUT2D eigenvalue weighted by Gasteiger charge is 2.15. The van der Waals surface area contributed by atoms with Gasteiger partial charge in [0.15, 0.2) is 5.16 Å². The first-order chi connectivity index (χ1) is 13.5. The summed E-state index contributed by atoms with van der Waals surface area (Å²) in [5, 5.41) is 2.43. The lowest BCUT2D eigenvalue weighted by atomic mass is 10.3. The van der Waals surface area contributed by atoms with Gasteiger partial charge in [0.05, 0.1) is 17.8 Å². The summed E-state index contributed by atoms with van der Waals surface area (Å²) in [6.07, 6.45) is 0. The van der Waals surface area contributed by atoms with Gasteiger partial charge in [-0.15, -0.1) is 11.3 Å². The number of rotatable bonds is 8. The summed E-state index contributed by atoms with van der Waals surface area (Å²) in [5.74, 6) is 0.946. The topological polar surface area (TPSA) is 64.4 Å². The summed E-state index contributed by atoms with van der Waals surface area (Å²) < 4.78 is 8.92. The fraction of sp³-hybridized carbons (Fsp3) is 0.316. The van der Waals surface area contributed by atoms with Gasteiger partial charge in [0.1, 0.15) is 17.1 Å². The molecule has 0 bridgehead atoms. The number of nitrogens with zero attached hydrogens (tertiary/aromatic N) is 3. The van der Waals surface area contributed by atoms with Gasteiger partial charge in [-0.1, -0.05) is 27.7 Å². The molecule has 9 heteroatoms. The molecule has 1 aromatic carbocycles. The van der Waals surface area contributed by atoms with E-state index >= 15 is 0 Å². The molecule has 0 saturated heterocycles. The highest BCUT2D eigenvalue weighted by molar-refractivity contribution is 9.10. The third-order valence-corrected chi connectivity index (χ3v) is 6.49. The lowest BCUT2D eigenvalue weighted by Crippen LogP contribution is -2.32. The van der Waals surface area contributed by atoms with Crippen molar-refractivity contribution in [2.75, 3.05) is 26.0 Å². The minimum atomic E-state index is -0.0475. The maximum absolute atomic E-state index is 12.5. The molecule has 0 atom stereocenters. The van der Waals surface area contributed by atoms with E-state index in [4.69, 9.17) is 4.74 Å². The fourth-order valence-corrected chi connectivity index (χ4v) is 4.55. The third kappa shape index (κ3) is 4.95. The average molecular weight is 482 g/mol. The molecule has 0 aliphatic rings. The van der Waals surface area contributed by atoms with Crippen molar-refractivity contribution in [3.05, 3.63) is 50.5 Å². The zero-order valence-corrected chi connectivity index (χ0v) is 18.8. The van der Waals surface area contributed by atoms with Gasteiger partial charge in [0.25, 0.3) is 5.56 Å². The first-order valence-electron chi connectivity index (χ1n) is 8.72. The number of aromatic nitrogens is 2. The number of thioether (sulfide) groups is 1. The Labute approximate surface area is 179 Å². The van der Waals surface area contributed by atoms with Crippen molar-refractivity contribution in [3.8, 4) is 5.75 Å². The summed E-state index contributed by atoms with van der Waals surface area (Å²) >= 11 is 6.07. The first-order valence-corrected chi connectivity index (χ1v) is 11.4. The van der Waals surface area contributed by atoms with Crippen LogP contribution in [0.25, 0.3) is 10.2 Å². The van der Waals surface area contributed by atoms with Gasteiger partial charge in [-0.05, 0) is 42.6 Å². The molecule has 28 heavy (non-hydrogen) atoms. The number of hydrogen-bond donors (Lipinski definition) is 0. The highest BCUT2D eigenvalue weighted by atomic mass is 79.9. The number of ether oxygens (including phenoxy) is 1. The van der Waals surface area contributed by atoms with Crippen molar-refractivity contribution in [2.45, 2.75) is 18.6 Å². The SMILES string of the molecule is CCn1c(SCC(=O)N(C)CCOc2ccc(Br)cc2)nc2ccsc2c1=O.